The molecule has 0 aliphatic rings. The fraction of sp³-hybridized carbons (Fsp3) is 0.750. The maximum atomic E-state index is 11.0. The molecule has 5 nitrogen and oxygen atoms in total. The van der Waals surface area contributed by atoms with Crippen LogP contribution in [-0.2, 0) is 19.6 Å². The molecular formula is C12H22O5S. The van der Waals surface area contributed by atoms with Crippen LogP contribution in [0.1, 0.15) is 46.5 Å². The molecule has 0 saturated carbocycles. The average molecular weight is 278 g/mol. The Hall–Kier alpha value is -0.880. The Labute approximate surface area is 109 Å². The Morgan fingerprint density at radius 3 is 2.28 bits per heavy atom. The van der Waals surface area contributed by atoms with Gasteiger partial charge in [-0.05, 0) is 33.6 Å². The molecule has 0 radical (unpaired) electrons. The molecule has 0 saturated heterocycles. The highest BCUT2D eigenvalue weighted by Crippen LogP contribution is 2.22. The molecule has 0 aromatic rings. The number of hydrogen-bond acceptors (Lipinski definition) is 4. The third-order valence-corrected chi connectivity index (χ3v) is 4.30. The molecule has 0 aromatic heterocycles. The van der Waals surface area contributed by atoms with Gasteiger partial charge in [0.2, 0.25) is 0 Å². The van der Waals surface area contributed by atoms with Crippen molar-refractivity contribution < 1.29 is 22.5 Å². The van der Waals surface area contributed by atoms with E-state index in [-0.39, 0.29) is 0 Å². The third-order valence-electron chi connectivity index (χ3n) is 2.70. The molecule has 0 aliphatic carbocycles. The molecule has 6 heteroatoms. The van der Waals surface area contributed by atoms with Crippen molar-refractivity contribution in [1.29, 1.82) is 0 Å². The van der Waals surface area contributed by atoms with Gasteiger partial charge in [0, 0.05) is 5.57 Å². The predicted molar refractivity (Wildman–Crippen MR) is 69.9 cm³/mol. The number of esters is 1. The number of carbonyl (C=O) groups is 1. The van der Waals surface area contributed by atoms with Gasteiger partial charge >= 0.3 is 5.97 Å². The van der Waals surface area contributed by atoms with Crippen molar-refractivity contribution in [3.8, 4) is 0 Å². The standard InChI is InChI=1S/C12H22O5S/c1-10(2)11(13)17-9-7-5-6-8-12(3,4)18(14,15)16/h1,5-9H2,2-4H3,(H,14,15,16). The molecule has 18 heavy (non-hydrogen) atoms. The van der Waals surface area contributed by atoms with Crippen molar-refractivity contribution in [3.05, 3.63) is 12.2 Å². The summed E-state index contributed by atoms with van der Waals surface area (Å²) >= 11 is 0. The minimum atomic E-state index is -4.02. The molecular weight excluding hydrogens is 256 g/mol. The highest BCUT2D eigenvalue weighted by molar-refractivity contribution is 7.87. The van der Waals surface area contributed by atoms with Crippen LogP contribution in [-0.4, -0.2) is 30.3 Å². The number of ether oxygens (including phenoxy) is 1. The molecule has 0 unspecified atom stereocenters. The summed E-state index contributed by atoms with van der Waals surface area (Å²) in [5, 5.41) is 0. The van der Waals surface area contributed by atoms with Gasteiger partial charge in [0.15, 0.2) is 0 Å². The van der Waals surface area contributed by atoms with E-state index in [1.165, 1.54) is 13.8 Å². The van der Waals surface area contributed by atoms with Gasteiger partial charge < -0.3 is 4.74 Å². The number of carbonyl (C=O) groups excluding carboxylic acids is 1. The molecule has 0 aromatic carbocycles. The molecule has 0 aliphatic heterocycles. The monoisotopic (exact) mass is 278 g/mol. The van der Waals surface area contributed by atoms with E-state index in [0.717, 1.165) is 6.42 Å². The van der Waals surface area contributed by atoms with Gasteiger partial charge in [-0.25, -0.2) is 4.79 Å². The maximum absolute atomic E-state index is 11.0. The molecule has 0 heterocycles. The van der Waals surface area contributed by atoms with Crippen LogP contribution in [0.3, 0.4) is 0 Å². The average Bonchev–Trinajstić information content (AvgIpc) is 2.20. The third kappa shape index (κ3) is 6.16. The number of hydrogen-bond donors (Lipinski definition) is 1. The van der Waals surface area contributed by atoms with Gasteiger partial charge in [0.25, 0.3) is 10.1 Å². The first-order chi connectivity index (χ1) is 8.08. The normalized spacial score (nSPS) is 12.2. The Morgan fingerprint density at radius 1 is 1.28 bits per heavy atom. The van der Waals surface area contributed by atoms with E-state index in [1.54, 1.807) is 6.92 Å². The zero-order valence-corrected chi connectivity index (χ0v) is 12.0. The minimum Gasteiger partial charge on any atom is -0.462 e. The van der Waals surface area contributed by atoms with Crippen molar-refractivity contribution in [2.75, 3.05) is 6.61 Å². The smallest absolute Gasteiger partial charge is 0.333 e. The minimum absolute atomic E-state index is 0.304. The quantitative estimate of drug-likeness (QED) is 0.319. The summed E-state index contributed by atoms with van der Waals surface area (Å²) in [7, 11) is -4.02. The fourth-order valence-electron chi connectivity index (χ4n) is 1.25. The zero-order valence-electron chi connectivity index (χ0n) is 11.2. The van der Waals surface area contributed by atoms with E-state index in [1.807, 2.05) is 0 Å². The molecule has 0 amide bonds. The van der Waals surface area contributed by atoms with Gasteiger partial charge in [-0.15, -0.1) is 0 Å². The molecule has 1 N–H and O–H groups in total. The van der Waals surface area contributed by atoms with Crippen LogP contribution in [0.15, 0.2) is 12.2 Å². The predicted octanol–water partition coefficient (Wildman–Crippen LogP) is 2.33. The van der Waals surface area contributed by atoms with E-state index >= 15 is 0 Å². The molecule has 0 spiro atoms. The van der Waals surface area contributed by atoms with Gasteiger partial charge in [-0.3, -0.25) is 4.55 Å². The Kier molecular flexibility index (Phi) is 6.56. The molecule has 0 bridgehead atoms. The van der Waals surface area contributed by atoms with Crippen LogP contribution >= 0.6 is 0 Å². The largest absolute Gasteiger partial charge is 0.462 e. The summed E-state index contributed by atoms with van der Waals surface area (Å²) in [5.74, 6) is -0.409. The summed E-state index contributed by atoms with van der Waals surface area (Å²) in [6, 6.07) is 0. The van der Waals surface area contributed by atoms with Crippen LogP contribution in [0, 0.1) is 0 Å². The lowest BCUT2D eigenvalue weighted by Gasteiger charge is -2.20. The van der Waals surface area contributed by atoms with Crippen LogP contribution in [0.2, 0.25) is 0 Å². The van der Waals surface area contributed by atoms with Crippen molar-refractivity contribution in [2.45, 2.75) is 51.2 Å². The van der Waals surface area contributed by atoms with E-state index in [4.69, 9.17) is 9.29 Å². The SMILES string of the molecule is C=C(C)C(=O)OCCCCCC(C)(C)S(=O)(=O)O. The lowest BCUT2D eigenvalue weighted by atomic mass is 10.0. The molecule has 0 fully saturated rings. The zero-order chi connectivity index (χ0) is 14.4. The van der Waals surface area contributed by atoms with E-state index < -0.39 is 20.8 Å². The van der Waals surface area contributed by atoms with E-state index in [0.29, 0.717) is 31.4 Å². The number of unbranched alkanes of at least 4 members (excludes halogenated alkanes) is 2. The topological polar surface area (TPSA) is 80.7 Å². The van der Waals surface area contributed by atoms with Gasteiger partial charge in [0.1, 0.15) is 0 Å². The van der Waals surface area contributed by atoms with Crippen molar-refractivity contribution in [2.24, 2.45) is 0 Å². The summed E-state index contributed by atoms with van der Waals surface area (Å²) in [4.78, 5) is 11.0. The second-order valence-electron chi connectivity index (χ2n) is 4.96. The Balaban J connectivity index is 3.77. The maximum Gasteiger partial charge on any atom is 0.333 e. The first-order valence-electron chi connectivity index (χ1n) is 5.87. The second kappa shape index (κ2) is 6.89. The summed E-state index contributed by atoms with van der Waals surface area (Å²) in [6.45, 7) is 8.32. The molecule has 0 atom stereocenters. The van der Waals surface area contributed by atoms with E-state index in [9.17, 15) is 13.2 Å². The van der Waals surface area contributed by atoms with Crippen LogP contribution < -0.4 is 0 Å². The summed E-state index contributed by atoms with van der Waals surface area (Å²) in [5.41, 5.74) is 0.363. The van der Waals surface area contributed by atoms with E-state index in [2.05, 4.69) is 6.58 Å². The first kappa shape index (κ1) is 17.1. The molecule has 106 valence electrons. The fourth-order valence-corrected chi connectivity index (χ4v) is 1.65. The van der Waals surface area contributed by atoms with Crippen molar-refractivity contribution in [1.82, 2.24) is 0 Å². The van der Waals surface area contributed by atoms with Gasteiger partial charge in [-0.1, -0.05) is 19.4 Å². The van der Waals surface area contributed by atoms with Gasteiger partial charge in [-0.2, -0.15) is 8.42 Å². The van der Waals surface area contributed by atoms with Crippen LogP contribution in [0.5, 0.6) is 0 Å². The second-order valence-corrected chi connectivity index (χ2v) is 7.02. The van der Waals surface area contributed by atoms with Crippen molar-refractivity contribution >= 4 is 16.1 Å². The number of rotatable bonds is 8. The highest BCUT2D eigenvalue weighted by atomic mass is 32.2. The van der Waals surface area contributed by atoms with Gasteiger partial charge in [0.05, 0.1) is 11.4 Å². The molecule has 0 rings (SSSR count). The highest BCUT2D eigenvalue weighted by Gasteiger charge is 2.31. The Bertz CT molecular complexity index is 395. The van der Waals surface area contributed by atoms with Crippen molar-refractivity contribution in [3.63, 3.8) is 0 Å². The summed E-state index contributed by atoms with van der Waals surface area (Å²) < 4.78 is 34.8. The lowest BCUT2D eigenvalue weighted by molar-refractivity contribution is -0.139. The van der Waals surface area contributed by atoms with Crippen LogP contribution in [0.4, 0.5) is 0 Å². The van der Waals surface area contributed by atoms with Crippen LogP contribution in [0.25, 0.3) is 0 Å². The first-order valence-corrected chi connectivity index (χ1v) is 7.31. The summed E-state index contributed by atoms with van der Waals surface area (Å²) in [6.07, 6.45) is 2.43. The Morgan fingerprint density at radius 2 is 1.83 bits per heavy atom. The lowest BCUT2D eigenvalue weighted by Crippen LogP contribution is -2.31.